The summed E-state index contributed by atoms with van der Waals surface area (Å²) in [4.78, 5) is 22.0. The third-order valence-corrected chi connectivity index (χ3v) is 3.03. The van der Waals surface area contributed by atoms with Crippen LogP contribution in [0.5, 0.6) is 0 Å². The predicted molar refractivity (Wildman–Crippen MR) is 61.5 cm³/mol. The molecule has 110 valence electrons. The van der Waals surface area contributed by atoms with E-state index < -0.39 is 23.7 Å². The first-order chi connectivity index (χ1) is 9.29. The van der Waals surface area contributed by atoms with Crippen LogP contribution in [0.3, 0.4) is 0 Å². The van der Waals surface area contributed by atoms with Gasteiger partial charge < -0.3 is 11.1 Å². The Morgan fingerprint density at radius 1 is 1.35 bits per heavy atom. The van der Waals surface area contributed by atoms with Crippen molar-refractivity contribution >= 4 is 11.8 Å². The summed E-state index contributed by atoms with van der Waals surface area (Å²) in [5.74, 6) is -1.32. The SMILES string of the molecule is NC(=O)CNC(=O)Cn1nc(C(F)(F)F)c2c1CCC2. The molecule has 0 fully saturated rings. The second-order valence-electron chi connectivity index (χ2n) is 4.53. The van der Waals surface area contributed by atoms with Gasteiger partial charge in [-0.1, -0.05) is 0 Å². The van der Waals surface area contributed by atoms with Gasteiger partial charge >= 0.3 is 6.18 Å². The molecule has 0 radical (unpaired) electrons. The van der Waals surface area contributed by atoms with Crippen LogP contribution in [0.15, 0.2) is 0 Å². The number of aromatic nitrogens is 2. The lowest BCUT2D eigenvalue weighted by Crippen LogP contribution is -2.35. The number of fused-ring (bicyclic) bond motifs is 1. The van der Waals surface area contributed by atoms with Crippen LogP contribution in [0.1, 0.15) is 23.4 Å². The number of nitrogens with zero attached hydrogens (tertiary/aromatic N) is 2. The number of hydrogen-bond donors (Lipinski definition) is 2. The molecule has 9 heteroatoms. The van der Waals surface area contributed by atoms with Crippen molar-refractivity contribution in [3.8, 4) is 0 Å². The van der Waals surface area contributed by atoms with Crippen LogP contribution in [-0.2, 0) is 35.2 Å². The van der Waals surface area contributed by atoms with Crippen LogP contribution in [-0.4, -0.2) is 28.1 Å². The molecule has 20 heavy (non-hydrogen) atoms. The van der Waals surface area contributed by atoms with E-state index in [0.717, 1.165) is 4.68 Å². The number of nitrogens with two attached hydrogens (primary N) is 1. The van der Waals surface area contributed by atoms with Gasteiger partial charge in [0.1, 0.15) is 6.54 Å². The van der Waals surface area contributed by atoms with E-state index in [2.05, 4.69) is 10.4 Å². The number of amides is 2. The van der Waals surface area contributed by atoms with Gasteiger partial charge in [0.05, 0.1) is 6.54 Å². The van der Waals surface area contributed by atoms with Crippen molar-refractivity contribution in [2.45, 2.75) is 32.0 Å². The summed E-state index contributed by atoms with van der Waals surface area (Å²) in [6, 6.07) is 0. The van der Waals surface area contributed by atoms with Crippen LogP contribution in [0, 0.1) is 0 Å². The molecule has 0 aliphatic heterocycles. The standard InChI is InChI=1S/C11H13F3N4O2/c12-11(13,14)10-6-2-1-3-7(6)18(17-10)5-9(20)16-4-8(15)19/h1-5H2,(H2,15,19)(H,16,20). The van der Waals surface area contributed by atoms with Crippen molar-refractivity contribution in [3.05, 3.63) is 17.0 Å². The summed E-state index contributed by atoms with van der Waals surface area (Å²) in [7, 11) is 0. The van der Waals surface area contributed by atoms with Crippen molar-refractivity contribution in [2.75, 3.05) is 6.54 Å². The van der Waals surface area contributed by atoms with Crippen LogP contribution in [0.2, 0.25) is 0 Å². The Balaban J connectivity index is 2.17. The van der Waals surface area contributed by atoms with Crippen molar-refractivity contribution in [1.29, 1.82) is 0 Å². The van der Waals surface area contributed by atoms with Gasteiger partial charge in [-0.3, -0.25) is 14.3 Å². The maximum atomic E-state index is 12.8. The Labute approximate surface area is 112 Å². The monoisotopic (exact) mass is 290 g/mol. The highest BCUT2D eigenvalue weighted by molar-refractivity contribution is 5.83. The number of carbonyl (C=O) groups is 2. The second-order valence-corrected chi connectivity index (χ2v) is 4.53. The molecule has 0 aromatic carbocycles. The second kappa shape index (κ2) is 5.14. The Hall–Kier alpha value is -2.06. The van der Waals surface area contributed by atoms with Crippen molar-refractivity contribution < 1.29 is 22.8 Å². The minimum atomic E-state index is -4.52. The topological polar surface area (TPSA) is 90.0 Å². The normalized spacial score (nSPS) is 14.2. The fourth-order valence-electron chi connectivity index (χ4n) is 2.25. The number of alkyl halides is 3. The summed E-state index contributed by atoms with van der Waals surface area (Å²) in [6.07, 6.45) is -3.14. The first-order valence-corrected chi connectivity index (χ1v) is 6.00. The third-order valence-electron chi connectivity index (χ3n) is 3.03. The van der Waals surface area contributed by atoms with Gasteiger partial charge in [-0.05, 0) is 19.3 Å². The summed E-state index contributed by atoms with van der Waals surface area (Å²) in [6.45, 7) is -0.708. The molecular weight excluding hydrogens is 277 g/mol. The highest BCUT2D eigenvalue weighted by Crippen LogP contribution is 2.36. The van der Waals surface area contributed by atoms with Crippen LogP contribution >= 0.6 is 0 Å². The molecule has 3 N–H and O–H groups in total. The Bertz CT molecular complexity index is 551. The minimum Gasteiger partial charge on any atom is -0.368 e. The predicted octanol–water partition coefficient (Wildman–Crippen LogP) is -0.00790. The molecule has 1 aliphatic carbocycles. The van der Waals surface area contributed by atoms with E-state index in [1.807, 2.05) is 0 Å². The van der Waals surface area contributed by atoms with Crippen LogP contribution < -0.4 is 11.1 Å². The van der Waals surface area contributed by atoms with Crippen molar-refractivity contribution in [1.82, 2.24) is 15.1 Å². The van der Waals surface area contributed by atoms with E-state index in [1.165, 1.54) is 0 Å². The summed E-state index contributed by atoms with van der Waals surface area (Å²) >= 11 is 0. The third kappa shape index (κ3) is 2.91. The smallest absolute Gasteiger partial charge is 0.368 e. The number of carbonyl (C=O) groups excluding carboxylic acids is 2. The number of halogens is 3. The molecule has 0 atom stereocenters. The average molecular weight is 290 g/mol. The zero-order chi connectivity index (χ0) is 14.9. The molecule has 0 spiro atoms. The van der Waals surface area contributed by atoms with Gasteiger partial charge in [-0.25, -0.2) is 0 Å². The van der Waals surface area contributed by atoms with E-state index in [4.69, 9.17) is 5.73 Å². The quantitative estimate of drug-likeness (QED) is 0.817. The maximum absolute atomic E-state index is 12.8. The van der Waals surface area contributed by atoms with E-state index in [1.54, 1.807) is 0 Å². The lowest BCUT2D eigenvalue weighted by Gasteiger charge is -2.06. The summed E-state index contributed by atoms with van der Waals surface area (Å²) in [5, 5.41) is 5.70. The lowest BCUT2D eigenvalue weighted by molar-refractivity contribution is -0.142. The molecule has 0 unspecified atom stereocenters. The van der Waals surface area contributed by atoms with Gasteiger partial charge in [0.15, 0.2) is 5.69 Å². The largest absolute Gasteiger partial charge is 0.435 e. The number of rotatable bonds is 4. The zero-order valence-corrected chi connectivity index (χ0v) is 10.5. The first-order valence-electron chi connectivity index (χ1n) is 6.00. The molecule has 0 saturated heterocycles. The lowest BCUT2D eigenvalue weighted by atomic mass is 10.2. The molecule has 1 aliphatic rings. The van der Waals surface area contributed by atoms with E-state index in [9.17, 15) is 22.8 Å². The van der Waals surface area contributed by atoms with Gasteiger partial charge in [0.2, 0.25) is 11.8 Å². The van der Waals surface area contributed by atoms with E-state index >= 15 is 0 Å². The fourth-order valence-corrected chi connectivity index (χ4v) is 2.25. The summed E-state index contributed by atoms with van der Waals surface area (Å²) in [5.41, 5.74) is 4.54. The van der Waals surface area contributed by atoms with E-state index in [0.29, 0.717) is 25.0 Å². The molecule has 1 aromatic rings. The Morgan fingerprint density at radius 2 is 2.05 bits per heavy atom. The Morgan fingerprint density at radius 3 is 2.65 bits per heavy atom. The maximum Gasteiger partial charge on any atom is 0.435 e. The van der Waals surface area contributed by atoms with Gasteiger partial charge in [-0.2, -0.15) is 18.3 Å². The minimum absolute atomic E-state index is 0.167. The van der Waals surface area contributed by atoms with Crippen molar-refractivity contribution in [3.63, 3.8) is 0 Å². The number of hydrogen-bond acceptors (Lipinski definition) is 3. The molecular formula is C11H13F3N4O2. The van der Waals surface area contributed by atoms with Crippen molar-refractivity contribution in [2.24, 2.45) is 5.73 Å². The fraction of sp³-hybridized carbons (Fsp3) is 0.545. The molecule has 0 saturated carbocycles. The molecule has 6 nitrogen and oxygen atoms in total. The number of nitrogens with one attached hydrogen (secondary N) is 1. The van der Waals surface area contributed by atoms with Gasteiger partial charge in [0, 0.05) is 11.3 Å². The van der Waals surface area contributed by atoms with Gasteiger partial charge in [-0.15, -0.1) is 0 Å². The van der Waals surface area contributed by atoms with Crippen LogP contribution in [0.4, 0.5) is 13.2 Å². The highest BCUT2D eigenvalue weighted by atomic mass is 19.4. The molecule has 0 bridgehead atoms. The molecule has 2 rings (SSSR count). The number of primary amides is 1. The first kappa shape index (κ1) is 14.4. The Kier molecular flexibility index (Phi) is 3.69. The molecule has 2 amide bonds. The van der Waals surface area contributed by atoms with Gasteiger partial charge in [0.25, 0.3) is 0 Å². The van der Waals surface area contributed by atoms with Crippen LogP contribution in [0.25, 0.3) is 0 Å². The highest BCUT2D eigenvalue weighted by Gasteiger charge is 2.40. The van der Waals surface area contributed by atoms with E-state index in [-0.39, 0.29) is 18.7 Å². The molecule has 1 heterocycles. The average Bonchev–Trinajstić information content (AvgIpc) is 2.88. The molecule has 1 aromatic heterocycles. The zero-order valence-electron chi connectivity index (χ0n) is 10.5. The summed E-state index contributed by atoms with van der Waals surface area (Å²) < 4.78 is 39.5.